The van der Waals surface area contributed by atoms with Crippen LogP contribution >= 0.6 is 27.3 Å². The van der Waals surface area contributed by atoms with Crippen molar-refractivity contribution in [1.29, 1.82) is 0 Å². The van der Waals surface area contributed by atoms with Crippen molar-refractivity contribution in [3.8, 4) is 0 Å². The number of carbonyl (C=O) groups is 2. The Labute approximate surface area is 123 Å². The van der Waals surface area contributed by atoms with Gasteiger partial charge < -0.3 is 0 Å². The second kappa shape index (κ2) is 4.58. The predicted octanol–water partition coefficient (Wildman–Crippen LogP) is 3.55. The van der Waals surface area contributed by atoms with Gasteiger partial charge in [-0.05, 0) is 45.9 Å². The molecule has 1 aliphatic heterocycles. The number of thiophene rings is 1. The molecule has 2 heterocycles. The highest BCUT2D eigenvalue weighted by Crippen LogP contribution is 2.35. The van der Waals surface area contributed by atoms with E-state index in [2.05, 4.69) is 15.9 Å². The van der Waals surface area contributed by atoms with Crippen LogP contribution in [-0.2, 0) is 11.3 Å². The number of aryl methyl sites for hydroxylation is 1. The number of fused-ring (bicyclic) bond motifs is 1. The molecule has 0 unspecified atom stereocenters. The van der Waals surface area contributed by atoms with Crippen molar-refractivity contribution >= 4 is 44.6 Å². The van der Waals surface area contributed by atoms with Crippen molar-refractivity contribution in [3.05, 3.63) is 50.1 Å². The number of rotatable bonds is 2. The molecule has 0 saturated carbocycles. The average molecular weight is 336 g/mol. The lowest BCUT2D eigenvalue weighted by Crippen LogP contribution is -2.29. The molecular weight excluding hydrogens is 326 g/mol. The van der Waals surface area contributed by atoms with Crippen LogP contribution in [0.3, 0.4) is 0 Å². The lowest BCUT2D eigenvalue weighted by Gasteiger charge is -2.17. The number of hydrogen-bond acceptors (Lipinski definition) is 3. The Morgan fingerprint density at radius 1 is 1.26 bits per heavy atom. The van der Waals surface area contributed by atoms with E-state index in [9.17, 15) is 9.59 Å². The zero-order chi connectivity index (χ0) is 13.6. The van der Waals surface area contributed by atoms with Crippen LogP contribution in [0.5, 0.6) is 0 Å². The molecule has 0 fully saturated rings. The normalized spacial score (nSPS) is 14.1. The molecule has 0 atom stereocenters. The van der Waals surface area contributed by atoms with Crippen LogP contribution in [0.2, 0.25) is 0 Å². The van der Waals surface area contributed by atoms with Gasteiger partial charge in [0.15, 0.2) is 0 Å². The van der Waals surface area contributed by atoms with E-state index in [0.717, 1.165) is 20.6 Å². The highest BCUT2D eigenvalue weighted by Gasteiger charge is 2.36. The van der Waals surface area contributed by atoms with Gasteiger partial charge in [-0.3, -0.25) is 14.5 Å². The van der Waals surface area contributed by atoms with Gasteiger partial charge in [-0.2, -0.15) is 0 Å². The van der Waals surface area contributed by atoms with Gasteiger partial charge in [0.25, 0.3) is 11.7 Å². The molecule has 1 amide bonds. The third-order valence-corrected chi connectivity index (χ3v) is 5.10. The maximum atomic E-state index is 12.1. The number of Topliss-reactive ketones (excluding diaryl/α,β-unsaturated/α-hetero) is 1. The first-order valence-corrected chi connectivity index (χ1v) is 7.44. The molecule has 0 saturated heterocycles. The second-order valence-electron chi connectivity index (χ2n) is 4.38. The van der Waals surface area contributed by atoms with E-state index >= 15 is 0 Å². The van der Waals surface area contributed by atoms with Gasteiger partial charge in [0.2, 0.25) is 0 Å². The first kappa shape index (κ1) is 12.6. The molecule has 3 nitrogen and oxygen atoms in total. The topological polar surface area (TPSA) is 37.4 Å². The summed E-state index contributed by atoms with van der Waals surface area (Å²) in [5.74, 6) is -0.851. The lowest BCUT2D eigenvalue weighted by molar-refractivity contribution is -0.114. The second-order valence-corrected chi connectivity index (χ2v) is 6.24. The van der Waals surface area contributed by atoms with E-state index in [4.69, 9.17) is 0 Å². The molecule has 3 rings (SSSR count). The van der Waals surface area contributed by atoms with E-state index in [1.54, 1.807) is 22.3 Å². The summed E-state index contributed by atoms with van der Waals surface area (Å²) < 4.78 is 0.972. The van der Waals surface area contributed by atoms with Crippen molar-refractivity contribution < 1.29 is 9.59 Å². The fraction of sp³-hybridized carbons (Fsp3) is 0.143. The van der Waals surface area contributed by atoms with Gasteiger partial charge in [-0.25, -0.2) is 0 Å². The van der Waals surface area contributed by atoms with Crippen LogP contribution in [-0.4, -0.2) is 11.7 Å². The maximum Gasteiger partial charge on any atom is 0.299 e. The first-order valence-electron chi connectivity index (χ1n) is 5.77. The molecule has 0 spiro atoms. The number of hydrogen-bond donors (Lipinski definition) is 0. The maximum absolute atomic E-state index is 12.1. The zero-order valence-electron chi connectivity index (χ0n) is 10.1. The Morgan fingerprint density at radius 2 is 2.05 bits per heavy atom. The molecule has 0 N–H and O–H groups in total. The molecule has 96 valence electrons. The SMILES string of the molecule is Cc1cccc2c1N(Cc1sccc1Br)C(=O)C2=O. The van der Waals surface area contributed by atoms with Crippen molar-refractivity contribution in [2.24, 2.45) is 0 Å². The number of halogens is 1. The number of benzene rings is 1. The minimum Gasteiger partial charge on any atom is -0.299 e. The van der Waals surface area contributed by atoms with Gasteiger partial charge >= 0.3 is 0 Å². The van der Waals surface area contributed by atoms with Crippen molar-refractivity contribution in [2.45, 2.75) is 13.5 Å². The minimum atomic E-state index is -0.440. The summed E-state index contributed by atoms with van der Waals surface area (Å²) in [4.78, 5) is 26.7. The van der Waals surface area contributed by atoms with Gasteiger partial charge in [-0.15, -0.1) is 11.3 Å². The molecule has 0 aliphatic carbocycles. The molecule has 19 heavy (non-hydrogen) atoms. The molecule has 5 heteroatoms. The van der Waals surface area contributed by atoms with Crippen LogP contribution in [0, 0.1) is 6.92 Å². The Balaban J connectivity index is 2.07. The monoisotopic (exact) mass is 335 g/mol. The Morgan fingerprint density at radius 3 is 2.74 bits per heavy atom. The summed E-state index contributed by atoms with van der Waals surface area (Å²) in [6.45, 7) is 2.35. The third kappa shape index (κ3) is 1.93. The highest BCUT2D eigenvalue weighted by atomic mass is 79.9. The fourth-order valence-corrected chi connectivity index (χ4v) is 3.74. The van der Waals surface area contributed by atoms with E-state index in [1.165, 1.54) is 0 Å². The summed E-state index contributed by atoms with van der Waals surface area (Å²) in [5, 5.41) is 1.96. The predicted molar refractivity (Wildman–Crippen MR) is 78.7 cm³/mol. The quantitative estimate of drug-likeness (QED) is 0.787. The summed E-state index contributed by atoms with van der Waals surface area (Å²) >= 11 is 5.02. The zero-order valence-corrected chi connectivity index (χ0v) is 12.5. The Bertz CT molecular complexity index is 693. The Kier molecular flexibility index (Phi) is 3.03. The van der Waals surface area contributed by atoms with Crippen molar-refractivity contribution in [2.75, 3.05) is 4.90 Å². The number of carbonyl (C=O) groups excluding carboxylic acids is 2. The van der Waals surface area contributed by atoms with Gasteiger partial charge in [0.1, 0.15) is 0 Å². The van der Waals surface area contributed by atoms with Crippen molar-refractivity contribution in [1.82, 2.24) is 0 Å². The number of para-hydroxylation sites is 1. The van der Waals surface area contributed by atoms with Gasteiger partial charge in [0, 0.05) is 9.35 Å². The lowest BCUT2D eigenvalue weighted by atomic mass is 10.1. The first-order chi connectivity index (χ1) is 9.09. The summed E-state index contributed by atoms with van der Waals surface area (Å²) in [6.07, 6.45) is 0. The molecule has 0 bridgehead atoms. The third-order valence-electron chi connectivity index (χ3n) is 3.18. The van der Waals surface area contributed by atoms with Crippen LogP contribution in [0.15, 0.2) is 34.1 Å². The van der Waals surface area contributed by atoms with E-state index in [0.29, 0.717) is 12.1 Å². The fourth-order valence-electron chi connectivity index (χ4n) is 2.27. The molecule has 1 aromatic heterocycles. The standard InChI is InChI=1S/C14H10BrNO2S/c1-8-3-2-4-9-12(8)16(14(18)13(9)17)7-11-10(15)5-6-19-11/h2-6H,7H2,1H3. The van der Waals surface area contributed by atoms with Gasteiger partial charge in [0.05, 0.1) is 17.8 Å². The van der Waals surface area contributed by atoms with Crippen LogP contribution in [0.25, 0.3) is 0 Å². The van der Waals surface area contributed by atoms with E-state index < -0.39 is 11.7 Å². The molecular formula is C14H10BrNO2S. The molecule has 1 aliphatic rings. The van der Waals surface area contributed by atoms with Crippen LogP contribution in [0.1, 0.15) is 20.8 Å². The average Bonchev–Trinajstić information content (AvgIpc) is 2.89. The minimum absolute atomic E-state index is 0.411. The number of nitrogens with zero attached hydrogens (tertiary/aromatic N) is 1. The van der Waals surface area contributed by atoms with E-state index in [1.807, 2.05) is 30.5 Å². The number of amides is 1. The largest absolute Gasteiger partial charge is 0.299 e. The van der Waals surface area contributed by atoms with Crippen molar-refractivity contribution in [3.63, 3.8) is 0 Å². The summed E-state index contributed by atoms with van der Waals surface area (Å²) in [7, 11) is 0. The van der Waals surface area contributed by atoms with Crippen LogP contribution in [0.4, 0.5) is 5.69 Å². The van der Waals surface area contributed by atoms with E-state index in [-0.39, 0.29) is 0 Å². The Hall–Kier alpha value is -1.46. The van der Waals surface area contributed by atoms with Gasteiger partial charge in [-0.1, -0.05) is 12.1 Å². The highest BCUT2D eigenvalue weighted by molar-refractivity contribution is 9.10. The smallest absolute Gasteiger partial charge is 0.299 e. The van der Waals surface area contributed by atoms with Crippen LogP contribution < -0.4 is 4.90 Å². The molecule has 0 radical (unpaired) electrons. The summed E-state index contributed by atoms with van der Waals surface area (Å²) in [6, 6.07) is 7.39. The molecule has 1 aromatic carbocycles. The number of anilines is 1. The molecule has 2 aromatic rings. The summed E-state index contributed by atoms with van der Waals surface area (Å²) in [5.41, 5.74) is 2.21. The number of ketones is 1.